The van der Waals surface area contributed by atoms with Gasteiger partial charge in [0.2, 0.25) is 0 Å². The average molecular weight is 222 g/mol. The fraction of sp³-hybridized carbons (Fsp3) is 1.00. The molecule has 0 radical (unpaired) electrons. The molecule has 1 aliphatic heterocycles. The second-order valence-corrected chi connectivity index (χ2v) is 10.9. The second-order valence-electron chi connectivity index (χ2n) is 5.42. The first-order valence-corrected chi connectivity index (χ1v) is 8.76. The van der Waals surface area contributed by atoms with Gasteiger partial charge in [-0.15, -0.1) is 0 Å². The van der Waals surface area contributed by atoms with Crippen LogP contribution in [0.3, 0.4) is 0 Å². The Labute approximate surface area is 85.5 Å². The van der Waals surface area contributed by atoms with Crippen LogP contribution in [0, 0.1) is 0 Å². The van der Waals surface area contributed by atoms with Crippen LogP contribution in [0.4, 0.5) is 8.78 Å². The summed E-state index contributed by atoms with van der Waals surface area (Å²) in [5, 5.41) is 0. The fourth-order valence-electron chi connectivity index (χ4n) is 1.99. The van der Waals surface area contributed by atoms with Crippen molar-refractivity contribution in [2.75, 3.05) is 19.3 Å². The average Bonchev–Trinajstić information content (AvgIpc) is 2.21. The first-order valence-electron chi connectivity index (χ1n) is 5.05. The van der Waals surface area contributed by atoms with E-state index in [0.717, 1.165) is 6.17 Å². The fourth-order valence-corrected chi connectivity index (χ4v) is 3.58. The van der Waals surface area contributed by atoms with Gasteiger partial charge in [0.1, 0.15) is 0 Å². The van der Waals surface area contributed by atoms with Gasteiger partial charge < -0.3 is 5.73 Å². The van der Waals surface area contributed by atoms with Gasteiger partial charge in [-0.2, -0.15) is 0 Å². The van der Waals surface area contributed by atoms with Crippen LogP contribution in [0.2, 0.25) is 19.6 Å². The van der Waals surface area contributed by atoms with Gasteiger partial charge in [0.25, 0.3) is 5.92 Å². The molecule has 1 aliphatic rings. The zero-order chi connectivity index (χ0) is 11.0. The monoisotopic (exact) mass is 222 g/mol. The van der Waals surface area contributed by atoms with Crippen LogP contribution >= 0.6 is 0 Å². The Balaban J connectivity index is 2.60. The zero-order valence-electron chi connectivity index (χ0n) is 9.19. The van der Waals surface area contributed by atoms with Crippen molar-refractivity contribution in [3.05, 3.63) is 0 Å². The van der Waals surface area contributed by atoms with Crippen molar-refractivity contribution in [1.82, 2.24) is 4.90 Å². The lowest BCUT2D eigenvalue weighted by molar-refractivity contribution is 0.0133. The molecule has 0 aromatic rings. The van der Waals surface area contributed by atoms with Crippen molar-refractivity contribution in [2.45, 2.75) is 38.0 Å². The number of hydrogen-bond acceptors (Lipinski definition) is 2. The molecule has 0 aromatic carbocycles. The van der Waals surface area contributed by atoms with E-state index in [2.05, 4.69) is 19.6 Å². The van der Waals surface area contributed by atoms with Crippen LogP contribution in [-0.2, 0) is 0 Å². The molecule has 1 heterocycles. The molecule has 2 N–H and O–H groups in total. The first kappa shape index (κ1) is 12.1. The highest BCUT2D eigenvalue weighted by Gasteiger charge is 2.45. The topological polar surface area (TPSA) is 29.3 Å². The highest BCUT2D eigenvalue weighted by Crippen LogP contribution is 2.32. The summed E-state index contributed by atoms with van der Waals surface area (Å²) >= 11 is 0. The minimum atomic E-state index is -2.52. The molecule has 0 spiro atoms. The number of likely N-dealkylation sites (tertiary alicyclic amines) is 1. The maximum atomic E-state index is 13.1. The lowest BCUT2D eigenvalue weighted by Crippen LogP contribution is -2.45. The quantitative estimate of drug-likeness (QED) is 0.734. The van der Waals surface area contributed by atoms with E-state index in [9.17, 15) is 8.78 Å². The number of nitrogens with two attached hydrogens (primary N) is 1. The van der Waals surface area contributed by atoms with Crippen molar-refractivity contribution in [3.63, 3.8) is 0 Å². The van der Waals surface area contributed by atoms with Crippen LogP contribution in [-0.4, -0.2) is 44.2 Å². The van der Waals surface area contributed by atoms with Crippen LogP contribution in [0.1, 0.15) is 6.42 Å². The van der Waals surface area contributed by atoms with Crippen molar-refractivity contribution in [3.8, 4) is 0 Å². The Morgan fingerprint density at radius 1 is 1.43 bits per heavy atom. The second kappa shape index (κ2) is 3.87. The summed E-state index contributed by atoms with van der Waals surface area (Å²) in [7, 11) is -1.31. The molecule has 84 valence electrons. The van der Waals surface area contributed by atoms with E-state index in [1.54, 1.807) is 0 Å². The molecule has 0 bridgehead atoms. The van der Waals surface area contributed by atoms with E-state index in [4.69, 9.17) is 5.73 Å². The molecular weight excluding hydrogens is 202 g/mol. The molecule has 1 rings (SSSR count). The van der Waals surface area contributed by atoms with E-state index in [1.165, 1.54) is 0 Å². The third-order valence-electron chi connectivity index (χ3n) is 2.43. The summed E-state index contributed by atoms with van der Waals surface area (Å²) in [4.78, 5) is 1.88. The summed E-state index contributed by atoms with van der Waals surface area (Å²) in [6.07, 6.45) is 0.762. The Bertz CT molecular complexity index is 203. The van der Waals surface area contributed by atoms with Crippen molar-refractivity contribution in [1.29, 1.82) is 0 Å². The molecule has 1 fully saturated rings. The molecule has 0 unspecified atom stereocenters. The molecule has 0 amide bonds. The van der Waals surface area contributed by atoms with Crippen molar-refractivity contribution in [2.24, 2.45) is 5.73 Å². The molecule has 0 aromatic heterocycles. The molecule has 1 atom stereocenters. The highest BCUT2D eigenvalue weighted by atomic mass is 28.3. The molecule has 0 saturated carbocycles. The largest absolute Gasteiger partial charge is 0.329 e. The predicted octanol–water partition coefficient (Wildman–Crippen LogP) is 1.53. The highest BCUT2D eigenvalue weighted by molar-refractivity contribution is 6.76. The minimum Gasteiger partial charge on any atom is -0.329 e. The minimum absolute atomic E-state index is 0.0615. The summed E-state index contributed by atoms with van der Waals surface area (Å²) in [6, 6.07) is -0.114. The van der Waals surface area contributed by atoms with Gasteiger partial charge in [-0.1, -0.05) is 19.6 Å². The number of nitrogens with zero attached hydrogens (tertiary/aromatic N) is 1. The lowest BCUT2D eigenvalue weighted by atomic mass is 10.2. The van der Waals surface area contributed by atoms with Gasteiger partial charge in [0, 0.05) is 19.0 Å². The number of alkyl halides is 2. The summed E-state index contributed by atoms with van der Waals surface area (Å²) in [6.45, 7) is 6.82. The molecule has 2 nitrogen and oxygen atoms in total. The summed E-state index contributed by atoms with van der Waals surface area (Å²) < 4.78 is 26.3. The number of rotatable bonds is 3. The maximum absolute atomic E-state index is 13.1. The molecule has 0 aliphatic carbocycles. The SMILES string of the molecule is C[Si](C)(C)CN1CC(F)(F)C[C@H]1CN. The summed E-state index contributed by atoms with van der Waals surface area (Å²) in [5.74, 6) is -2.52. The molecule has 1 saturated heterocycles. The van der Waals surface area contributed by atoms with Gasteiger partial charge in [0.05, 0.1) is 14.6 Å². The lowest BCUT2D eigenvalue weighted by Gasteiger charge is -2.28. The first-order chi connectivity index (χ1) is 6.23. The van der Waals surface area contributed by atoms with Gasteiger partial charge in [-0.25, -0.2) is 8.78 Å². The van der Waals surface area contributed by atoms with Crippen LogP contribution in [0.25, 0.3) is 0 Å². The third-order valence-corrected chi connectivity index (χ3v) is 3.79. The van der Waals surface area contributed by atoms with Crippen LogP contribution < -0.4 is 5.73 Å². The Morgan fingerprint density at radius 2 is 2.00 bits per heavy atom. The zero-order valence-corrected chi connectivity index (χ0v) is 10.2. The number of hydrogen-bond donors (Lipinski definition) is 1. The van der Waals surface area contributed by atoms with E-state index in [-0.39, 0.29) is 19.0 Å². The Morgan fingerprint density at radius 3 is 2.43 bits per heavy atom. The van der Waals surface area contributed by atoms with E-state index < -0.39 is 14.0 Å². The Hall–Kier alpha value is -0.00312. The normalized spacial score (nSPS) is 28.3. The summed E-state index contributed by atoms with van der Waals surface area (Å²) in [5.41, 5.74) is 5.50. The number of halogens is 2. The maximum Gasteiger partial charge on any atom is 0.262 e. The van der Waals surface area contributed by atoms with Crippen LogP contribution in [0.15, 0.2) is 0 Å². The van der Waals surface area contributed by atoms with E-state index in [1.807, 2.05) is 4.90 Å². The molecule has 14 heavy (non-hydrogen) atoms. The van der Waals surface area contributed by atoms with E-state index >= 15 is 0 Å². The Kier molecular flexibility index (Phi) is 3.33. The van der Waals surface area contributed by atoms with Crippen molar-refractivity contribution >= 4 is 8.07 Å². The van der Waals surface area contributed by atoms with Crippen LogP contribution in [0.5, 0.6) is 0 Å². The van der Waals surface area contributed by atoms with Gasteiger partial charge in [-0.3, -0.25) is 4.90 Å². The van der Waals surface area contributed by atoms with Gasteiger partial charge in [0.15, 0.2) is 0 Å². The third kappa shape index (κ3) is 3.29. The molecule has 5 heteroatoms. The molecular formula is C9H20F2N2Si. The van der Waals surface area contributed by atoms with E-state index in [0.29, 0.717) is 6.54 Å². The van der Waals surface area contributed by atoms with Crippen molar-refractivity contribution < 1.29 is 8.78 Å². The standard InChI is InChI=1S/C9H20F2N2Si/c1-14(2,3)7-13-6-9(10,11)4-8(13)5-12/h8H,4-7,12H2,1-3H3/t8-/m0/s1. The van der Waals surface area contributed by atoms with Gasteiger partial charge in [-0.05, 0) is 6.17 Å². The smallest absolute Gasteiger partial charge is 0.262 e. The predicted molar refractivity (Wildman–Crippen MR) is 57.3 cm³/mol. The van der Waals surface area contributed by atoms with Gasteiger partial charge >= 0.3 is 0 Å².